The third kappa shape index (κ3) is 5.72. The molecule has 0 bridgehead atoms. The summed E-state index contributed by atoms with van der Waals surface area (Å²) in [5, 5.41) is 21.3. The van der Waals surface area contributed by atoms with Gasteiger partial charge in [-0.3, -0.25) is 9.78 Å². The number of aliphatic hydroxyl groups excluding tert-OH is 1. The molecule has 1 atom stereocenters. The standard InChI is InChI=1S/C27H28F3N5O3/c28-27(29,30)21-4-1-5-23-20(21)8-9-26(38-23)10-13-35(14-11-26)24-7-6-19(33-34-24)15-25(37)32-17-22(36)18-3-2-12-31-16-18/h1-7,12,16,22,36H,8-11,13-15,17H2,(H,32,37). The molecule has 38 heavy (non-hydrogen) atoms. The number of alkyl halides is 3. The number of amides is 1. The normalized spacial score (nSPS) is 17.4. The zero-order valence-corrected chi connectivity index (χ0v) is 20.6. The summed E-state index contributed by atoms with van der Waals surface area (Å²) in [6.07, 6.45) is 0.137. The second-order valence-corrected chi connectivity index (χ2v) is 9.72. The van der Waals surface area contributed by atoms with Crippen molar-refractivity contribution < 1.29 is 27.8 Å². The quantitative estimate of drug-likeness (QED) is 0.505. The molecular weight excluding hydrogens is 499 g/mol. The molecular formula is C27H28F3N5O3. The summed E-state index contributed by atoms with van der Waals surface area (Å²) in [5.41, 5.74) is 0.262. The molecule has 5 rings (SSSR count). The molecule has 3 aromatic rings. The van der Waals surface area contributed by atoms with Gasteiger partial charge in [0.1, 0.15) is 11.4 Å². The third-order valence-electron chi connectivity index (χ3n) is 7.20. The van der Waals surface area contributed by atoms with Crippen molar-refractivity contribution in [3.63, 3.8) is 0 Å². The fourth-order valence-electron chi connectivity index (χ4n) is 5.06. The Hall–Kier alpha value is -3.73. The van der Waals surface area contributed by atoms with Crippen molar-refractivity contribution >= 4 is 11.7 Å². The molecule has 1 saturated heterocycles. The number of rotatable bonds is 6. The van der Waals surface area contributed by atoms with Gasteiger partial charge in [0, 0.05) is 56.0 Å². The summed E-state index contributed by atoms with van der Waals surface area (Å²) in [6, 6.07) is 11.1. The molecule has 2 aliphatic heterocycles. The zero-order chi connectivity index (χ0) is 26.8. The molecule has 200 valence electrons. The lowest BCUT2D eigenvalue weighted by Crippen LogP contribution is -2.50. The highest BCUT2D eigenvalue weighted by Crippen LogP contribution is 2.44. The number of hydrogen-bond donors (Lipinski definition) is 2. The molecule has 1 amide bonds. The summed E-state index contributed by atoms with van der Waals surface area (Å²) in [5.74, 6) is 0.722. The largest absolute Gasteiger partial charge is 0.487 e. The van der Waals surface area contributed by atoms with Crippen molar-refractivity contribution in [1.29, 1.82) is 0 Å². The number of benzene rings is 1. The Morgan fingerprint density at radius 3 is 2.61 bits per heavy atom. The van der Waals surface area contributed by atoms with Crippen LogP contribution in [0.1, 0.15) is 47.8 Å². The Morgan fingerprint density at radius 2 is 1.92 bits per heavy atom. The third-order valence-corrected chi connectivity index (χ3v) is 7.20. The lowest BCUT2D eigenvalue weighted by atomic mass is 9.82. The number of halogens is 3. The molecule has 2 aliphatic rings. The van der Waals surface area contributed by atoms with E-state index in [1.165, 1.54) is 6.07 Å². The maximum Gasteiger partial charge on any atom is 0.416 e. The fourth-order valence-corrected chi connectivity index (χ4v) is 5.06. The summed E-state index contributed by atoms with van der Waals surface area (Å²) in [6.45, 7) is 1.33. The van der Waals surface area contributed by atoms with Crippen LogP contribution in [-0.4, -0.2) is 51.4 Å². The van der Waals surface area contributed by atoms with E-state index in [9.17, 15) is 23.1 Å². The lowest BCUT2D eigenvalue weighted by molar-refractivity contribution is -0.139. The Labute approximate surface area is 217 Å². The van der Waals surface area contributed by atoms with E-state index in [-0.39, 0.29) is 24.4 Å². The van der Waals surface area contributed by atoms with E-state index < -0.39 is 23.4 Å². The molecule has 4 heterocycles. The molecule has 2 aromatic heterocycles. The SMILES string of the molecule is O=C(Cc1ccc(N2CCC3(CCc4c(cccc4C(F)(F)F)O3)CC2)nn1)NCC(O)c1cccnc1. The molecule has 0 aliphatic carbocycles. The van der Waals surface area contributed by atoms with Crippen LogP contribution < -0.4 is 15.0 Å². The molecule has 1 aromatic carbocycles. The van der Waals surface area contributed by atoms with Gasteiger partial charge < -0.3 is 20.1 Å². The second kappa shape index (κ2) is 10.6. The van der Waals surface area contributed by atoms with Crippen LogP contribution in [0.4, 0.5) is 19.0 Å². The lowest BCUT2D eigenvalue weighted by Gasteiger charge is -2.45. The Balaban J connectivity index is 1.13. The summed E-state index contributed by atoms with van der Waals surface area (Å²) < 4.78 is 46.3. The molecule has 1 unspecified atom stereocenters. The fraction of sp³-hybridized carbons (Fsp3) is 0.407. The van der Waals surface area contributed by atoms with Crippen LogP contribution in [0.15, 0.2) is 54.9 Å². The number of fused-ring (bicyclic) bond motifs is 1. The van der Waals surface area contributed by atoms with Gasteiger partial charge in [0.15, 0.2) is 5.82 Å². The Kier molecular flexibility index (Phi) is 7.20. The summed E-state index contributed by atoms with van der Waals surface area (Å²) in [7, 11) is 0. The maximum absolute atomic E-state index is 13.4. The van der Waals surface area contributed by atoms with E-state index in [1.54, 1.807) is 36.7 Å². The van der Waals surface area contributed by atoms with Crippen LogP contribution >= 0.6 is 0 Å². The predicted molar refractivity (Wildman–Crippen MR) is 133 cm³/mol. The van der Waals surface area contributed by atoms with Crippen molar-refractivity contribution in [2.75, 3.05) is 24.5 Å². The molecule has 8 nitrogen and oxygen atoms in total. The highest BCUT2D eigenvalue weighted by molar-refractivity contribution is 5.78. The van der Waals surface area contributed by atoms with Crippen LogP contribution in [0.3, 0.4) is 0 Å². The average molecular weight is 528 g/mol. The molecule has 0 radical (unpaired) electrons. The van der Waals surface area contributed by atoms with Gasteiger partial charge in [0.2, 0.25) is 5.91 Å². The number of carbonyl (C=O) groups excluding carboxylic acids is 1. The minimum absolute atomic E-state index is 0.0311. The van der Waals surface area contributed by atoms with Crippen molar-refractivity contribution in [3.8, 4) is 5.75 Å². The number of carbonyl (C=O) groups is 1. The number of aliphatic hydroxyl groups is 1. The minimum Gasteiger partial charge on any atom is -0.487 e. The summed E-state index contributed by atoms with van der Waals surface area (Å²) in [4.78, 5) is 18.3. The smallest absolute Gasteiger partial charge is 0.416 e. The maximum atomic E-state index is 13.4. The number of hydrogen-bond acceptors (Lipinski definition) is 7. The van der Waals surface area contributed by atoms with E-state index in [1.807, 2.05) is 6.07 Å². The number of anilines is 1. The number of nitrogens with zero attached hydrogens (tertiary/aromatic N) is 4. The minimum atomic E-state index is -4.39. The van der Waals surface area contributed by atoms with Gasteiger partial charge in [0.05, 0.1) is 23.8 Å². The van der Waals surface area contributed by atoms with Gasteiger partial charge in [0.25, 0.3) is 0 Å². The van der Waals surface area contributed by atoms with E-state index in [0.717, 1.165) is 6.07 Å². The van der Waals surface area contributed by atoms with Crippen LogP contribution in [0.25, 0.3) is 0 Å². The Morgan fingerprint density at radius 1 is 1.11 bits per heavy atom. The van der Waals surface area contributed by atoms with E-state index in [0.29, 0.717) is 61.6 Å². The first-order chi connectivity index (χ1) is 18.2. The van der Waals surface area contributed by atoms with E-state index in [4.69, 9.17) is 4.74 Å². The Bertz CT molecular complexity index is 1260. The number of nitrogens with one attached hydrogen (secondary N) is 1. The van der Waals surface area contributed by atoms with Crippen molar-refractivity contribution in [3.05, 3.63) is 77.2 Å². The predicted octanol–water partition coefficient (Wildman–Crippen LogP) is 3.65. The van der Waals surface area contributed by atoms with E-state index >= 15 is 0 Å². The molecule has 0 saturated carbocycles. The molecule has 2 N–H and O–H groups in total. The van der Waals surface area contributed by atoms with Gasteiger partial charge in [-0.15, -0.1) is 5.10 Å². The number of aromatic nitrogens is 3. The van der Waals surface area contributed by atoms with Crippen LogP contribution in [0.5, 0.6) is 5.75 Å². The molecule has 1 spiro atoms. The highest BCUT2D eigenvalue weighted by atomic mass is 19.4. The van der Waals surface area contributed by atoms with Crippen molar-refractivity contribution in [2.45, 2.75) is 50.0 Å². The first kappa shape index (κ1) is 25.9. The number of pyridine rings is 1. The molecule has 1 fully saturated rings. The van der Waals surface area contributed by atoms with E-state index in [2.05, 4.69) is 25.4 Å². The summed E-state index contributed by atoms with van der Waals surface area (Å²) >= 11 is 0. The first-order valence-corrected chi connectivity index (χ1v) is 12.5. The monoisotopic (exact) mass is 527 g/mol. The second-order valence-electron chi connectivity index (χ2n) is 9.72. The van der Waals surface area contributed by atoms with Crippen LogP contribution in [0, 0.1) is 0 Å². The van der Waals surface area contributed by atoms with Gasteiger partial charge in [-0.2, -0.15) is 18.3 Å². The van der Waals surface area contributed by atoms with Crippen LogP contribution in [-0.2, 0) is 23.8 Å². The van der Waals surface area contributed by atoms with Crippen molar-refractivity contribution in [2.24, 2.45) is 0 Å². The number of ether oxygens (including phenoxy) is 1. The van der Waals surface area contributed by atoms with Gasteiger partial charge >= 0.3 is 6.18 Å². The molecule has 11 heteroatoms. The van der Waals surface area contributed by atoms with Crippen molar-refractivity contribution in [1.82, 2.24) is 20.5 Å². The average Bonchev–Trinajstić information content (AvgIpc) is 2.92. The zero-order valence-electron chi connectivity index (χ0n) is 20.6. The first-order valence-electron chi connectivity index (χ1n) is 12.5. The topological polar surface area (TPSA) is 100 Å². The highest BCUT2D eigenvalue weighted by Gasteiger charge is 2.43. The van der Waals surface area contributed by atoms with Gasteiger partial charge in [-0.25, -0.2) is 0 Å². The van der Waals surface area contributed by atoms with Crippen LogP contribution in [0.2, 0.25) is 0 Å². The number of piperidine rings is 1. The van der Waals surface area contributed by atoms with Gasteiger partial charge in [-0.05, 0) is 43.2 Å². The van der Waals surface area contributed by atoms with Gasteiger partial charge in [-0.1, -0.05) is 12.1 Å².